The normalized spacial score (nSPS) is 24.2. The van der Waals surface area contributed by atoms with E-state index in [4.69, 9.17) is 0 Å². The van der Waals surface area contributed by atoms with Gasteiger partial charge in [-0.2, -0.15) is 0 Å². The third-order valence-corrected chi connectivity index (χ3v) is 3.34. The van der Waals surface area contributed by atoms with Crippen LogP contribution in [0.3, 0.4) is 0 Å². The molecule has 0 bridgehead atoms. The van der Waals surface area contributed by atoms with Gasteiger partial charge in [-0.1, -0.05) is 6.92 Å². The molecule has 2 fully saturated rings. The van der Waals surface area contributed by atoms with Crippen molar-refractivity contribution >= 4 is 0 Å². The minimum absolute atomic E-state index is 0.739. The molecule has 1 N–H and O–H groups in total. The van der Waals surface area contributed by atoms with Gasteiger partial charge in [-0.3, -0.25) is 4.90 Å². The van der Waals surface area contributed by atoms with E-state index in [-0.39, 0.29) is 0 Å². The van der Waals surface area contributed by atoms with Crippen LogP contribution >= 0.6 is 0 Å². The summed E-state index contributed by atoms with van der Waals surface area (Å²) in [5.41, 5.74) is 0. The highest BCUT2D eigenvalue weighted by Crippen LogP contribution is 2.28. The van der Waals surface area contributed by atoms with Crippen molar-refractivity contribution in [3.8, 4) is 0 Å². The number of nitrogens with zero attached hydrogens (tertiary/aromatic N) is 1. The molecule has 0 radical (unpaired) electrons. The van der Waals surface area contributed by atoms with E-state index in [0.717, 1.165) is 18.1 Å². The fraction of sp³-hybridized carbons (Fsp3) is 1.00. The molecule has 2 aliphatic carbocycles. The molecule has 2 aliphatic rings. The topological polar surface area (TPSA) is 15.3 Å². The lowest BCUT2D eigenvalue weighted by Gasteiger charge is -2.29. The fourth-order valence-electron chi connectivity index (χ4n) is 2.17. The molecule has 82 valence electrons. The Balaban J connectivity index is 1.70. The first-order valence-corrected chi connectivity index (χ1v) is 6.30. The lowest BCUT2D eigenvalue weighted by molar-refractivity contribution is 0.194. The largest absolute Gasteiger partial charge is 0.312 e. The summed E-state index contributed by atoms with van der Waals surface area (Å²) in [6, 6.07) is 2.52. The predicted molar refractivity (Wildman–Crippen MR) is 60.5 cm³/mol. The van der Waals surface area contributed by atoms with Gasteiger partial charge in [0.05, 0.1) is 0 Å². The Morgan fingerprint density at radius 2 is 2.00 bits per heavy atom. The Kier molecular flexibility index (Phi) is 3.45. The standard InChI is InChI=1S/C12H24N2/c1-3-8-14(12-6-7-12)10(2)9-13-11-4-5-11/h10-13H,3-9H2,1-2H3. The van der Waals surface area contributed by atoms with Crippen molar-refractivity contribution in [1.29, 1.82) is 0 Å². The van der Waals surface area contributed by atoms with Crippen LogP contribution in [0.15, 0.2) is 0 Å². The van der Waals surface area contributed by atoms with Crippen molar-refractivity contribution in [3.63, 3.8) is 0 Å². The maximum Gasteiger partial charge on any atom is 0.0195 e. The van der Waals surface area contributed by atoms with Crippen LogP contribution in [0.4, 0.5) is 0 Å². The lowest BCUT2D eigenvalue weighted by Crippen LogP contribution is -2.42. The molecule has 0 aromatic heterocycles. The van der Waals surface area contributed by atoms with Gasteiger partial charge in [-0.25, -0.2) is 0 Å². The third-order valence-electron chi connectivity index (χ3n) is 3.34. The fourth-order valence-corrected chi connectivity index (χ4v) is 2.17. The number of rotatable bonds is 7. The van der Waals surface area contributed by atoms with Crippen LogP contribution in [0.2, 0.25) is 0 Å². The maximum atomic E-state index is 3.64. The molecule has 0 aromatic carbocycles. The summed E-state index contributed by atoms with van der Waals surface area (Å²) in [5.74, 6) is 0. The van der Waals surface area contributed by atoms with E-state index >= 15 is 0 Å². The second-order valence-electron chi connectivity index (χ2n) is 5.00. The molecular weight excluding hydrogens is 172 g/mol. The molecule has 2 saturated carbocycles. The van der Waals surface area contributed by atoms with Crippen molar-refractivity contribution in [2.24, 2.45) is 0 Å². The second kappa shape index (κ2) is 4.63. The summed E-state index contributed by atoms with van der Waals surface area (Å²) < 4.78 is 0. The highest BCUT2D eigenvalue weighted by atomic mass is 15.2. The van der Waals surface area contributed by atoms with Crippen molar-refractivity contribution in [3.05, 3.63) is 0 Å². The highest BCUT2D eigenvalue weighted by Gasteiger charge is 2.32. The van der Waals surface area contributed by atoms with Crippen molar-refractivity contribution in [1.82, 2.24) is 10.2 Å². The van der Waals surface area contributed by atoms with Gasteiger partial charge < -0.3 is 5.32 Å². The molecule has 1 atom stereocenters. The predicted octanol–water partition coefficient (Wildman–Crippen LogP) is 2.00. The summed E-state index contributed by atoms with van der Waals surface area (Å²) in [4.78, 5) is 2.70. The molecule has 0 heterocycles. The van der Waals surface area contributed by atoms with Gasteiger partial charge in [0.1, 0.15) is 0 Å². The average molecular weight is 196 g/mol. The van der Waals surface area contributed by atoms with Crippen LogP contribution in [0, 0.1) is 0 Å². The monoisotopic (exact) mass is 196 g/mol. The van der Waals surface area contributed by atoms with E-state index in [0.29, 0.717) is 0 Å². The Labute approximate surface area is 88.1 Å². The minimum atomic E-state index is 0.739. The smallest absolute Gasteiger partial charge is 0.0195 e. The Hall–Kier alpha value is -0.0800. The third kappa shape index (κ3) is 2.96. The molecule has 0 aromatic rings. The SMILES string of the molecule is CCCN(C(C)CNC1CC1)C1CC1. The Morgan fingerprint density at radius 3 is 2.50 bits per heavy atom. The molecule has 0 saturated heterocycles. The van der Waals surface area contributed by atoms with Gasteiger partial charge >= 0.3 is 0 Å². The van der Waals surface area contributed by atoms with E-state index in [2.05, 4.69) is 24.1 Å². The van der Waals surface area contributed by atoms with Crippen molar-refractivity contribution in [2.45, 2.75) is 64.1 Å². The van der Waals surface area contributed by atoms with Crippen molar-refractivity contribution < 1.29 is 0 Å². The van der Waals surface area contributed by atoms with Gasteiger partial charge in [0.25, 0.3) is 0 Å². The van der Waals surface area contributed by atoms with Gasteiger partial charge in [0.2, 0.25) is 0 Å². The van der Waals surface area contributed by atoms with Crippen LogP contribution < -0.4 is 5.32 Å². The van der Waals surface area contributed by atoms with Crippen molar-refractivity contribution in [2.75, 3.05) is 13.1 Å². The molecule has 2 rings (SSSR count). The first-order valence-electron chi connectivity index (χ1n) is 6.30. The second-order valence-corrected chi connectivity index (χ2v) is 5.00. The van der Waals surface area contributed by atoms with Gasteiger partial charge in [-0.15, -0.1) is 0 Å². The van der Waals surface area contributed by atoms with E-state index in [1.807, 2.05) is 0 Å². The lowest BCUT2D eigenvalue weighted by atomic mass is 10.2. The summed E-state index contributed by atoms with van der Waals surface area (Å²) in [7, 11) is 0. The summed E-state index contributed by atoms with van der Waals surface area (Å²) in [6.07, 6.45) is 6.99. The quantitative estimate of drug-likeness (QED) is 0.670. The molecule has 0 spiro atoms. The van der Waals surface area contributed by atoms with Gasteiger partial charge in [0, 0.05) is 24.7 Å². The minimum Gasteiger partial charge on any atom is -0.312 e. The van der Waals surface area contributed by atoms with Gasteiger partial charge in [0.15, 0.2) is 0 Å². The van der Waals surface area contributed by atoms with Crippen LogP contribution in [0.5, 0.6) is 0 Å². The zero-order chi connectivity index (χ0) is 9.97. The zero-order valence-corrected chi connectivity index (χ0v) is 9.63. The number of hydrogen-bond donors (Lipinski definition) is 1. The number of hydrogen-bond acceptors (Lipinski definition) is 2. The maximum absolute atomic E-state index is 3.64. The van der Waals surface area contributed by atoms with E-state index < -0.39 is 0 Å². The zero-order valence-electron chi connectivity index (χ0n) is 9.63. The summed E-state index contributed by atoms with van der Waals surface area (Å²) in [5, 5.41) is 3.64. The van der Waals surface area contributed by atoms with Crippen LogP contribution in [-0.4, -0.2) is 36.1 Å². The molecule has 0 amide bonds. The first-order chi connectivity index (χ1) is 6.81. The van der Waals surface area contributed by atoms with E-state index in [1.54, 1.807) is 0 Å². The molecule has 2 nitrogen and oxygen atoms in total. The summed E-state index contributed by atoms with van der Waals surface area (Å²) in [6.45, 7) is 7.15. The summed E-state index contributed by atoms with van der Waals surface area (Å²) >= 11 is 0. The molecule has 1 unspecified atom stereocenters. The van der Waals surface area contributed by atoms with Gasteiger partial charge in [-0.05, 0) is 45.6 Å². The molecule has 2 heteroatoms. The number of nitrogens with one attached hydrogen (secondary N) is 1. The van der Waals surface area contributed by atoms with E-state index in [9.17, 15) is 0 Å². The highest BCUT2D eigenvalue weighted by molar-refractivity contribution is 4.89. The average Bonchev–Trinajstić information content (AvgIpc) is 3.03. The van der Waals surface area contributed by atoms with E-state index in [1.165, 1.54) is 45.2 Å². The Morgan fingerprint density at radius 1 is 1.29 bits per heavy atom. The van der Waals surface area contributed by atoms with Crippen LogP contribution in [-0.2, 0) is 0 Å². The first kappa shape index (κ1) is 10.4. The van der Waals surface area contributed by atoms with Crippen LogP contribution in [0.25, 0.3) is 0 Å². The van der Waals surface area contributed by atoms with Crippen LogP contribution in [0.1, 0.15) is 46.0 Å². The molecular formula is C12H24N2. The molecule has 0 aliphatic heterocycles. The molecule has 14 heavy (non-hydrogen) atoms. The Bertz CT molecular complexity index is 173.